The molecule has 0 unspecified atom stereocenters. The van der Waals surface area contributed by atoms with Crippen molar-refractivity contribution in [2.75, 3.05) is 6.61 Å². The van der Waals surface area contributed by atoms with Crippen molar-refractivity contribution < 1.29 is 19.2 Å². The van der Waals surface area contributed by atoms with Gasteiger partial charge >= 0.3 is 5.69 Å². The van der Waals surface area contributed by atoms with Gasteiger partial charge in [-0.15, -0.1) is 0 Å². The number of aryl methyl sites for hydroxylation is 1. The number of nitrogens with one attached hydrogen (secondary N) is 1. The Balaban J connectivity index is 1.59. The molecule has 0 aliphatic carbocycles. The van der Waals surface area contributed by atoms with Crippen LogP contribution in [0, 0.1) is 17.0 Å². The van der Waals surface area contributed by atoms with Crippen molar-refractivity contribution in [2.24, 2.45) is 5.10 Å². The van der Waals surface area contributed by atoms with E-state index in [9.17, 15) is 14.9 Å². The van der Waals surface area contributed by atoms with Gasteiger partial charge in [-0.3, -0.25) is 14.9 Å². The SMILES string of the molecule is Cc1ccc(OCC(=O)N/N=C\c2cc(Br)ccc2OCc2ccccc2)c([N+](=O)[O-])c1. The van der Waals surface area contributed by atoms with Crippen LogP contribution in [0.15, 0.2) is 76.3 Å². The summed E-state index contributed by atoms with van der Waals surface area (Å²) in [5.41, 5.74) is 4.55. The fourth-order valence-electron chi connectivity index (χ4n) is 2.73. The molecule has 32 heavy (non-hydrogen) atoms. The summed E-state index contributed by atoms with van der Waals surface area (Å²) in [6.45, 7) is 1.70. The first kappa shape index (κ1) is 23.0. The van der Waals surface area contributed by atoms with Crippen molar-refractivity contribution in [1.82, 2.24) is 5.43 Å². The van der Waals surface area contributed by atoms with E-state index in [2.05, 4.69) is 26.5 Å². The van der Waals surface area contributed by atoms with Crippen LogP contribution in [0.4, 0.5) is 5.69 Å². The molecule has 0 spiro atoms. The summed E-state index contributed by atoms with van der Waals surface area (Å²) in [5.74, 6) is 0.0581. The van der Waals surface area contributed by atoms with Crippen molar-refractivity contribution in [3.05, 3.63) is 98.0 Å². The van der Waals surface area contributed by atoms with Gasteiger partial charge in [0, 0.05) is 16.1 Å². The molecule has 0 atom stereocenters. The van der Waals surface area contributed by atoms with Crippen LogP contribution in [0.2, 0.25) is 0 Å². The van der Waals surface area contributed by atoms with E-state index in [4.69, 9.17) is 9.47 Å². The Kier molecular flexibility index (Phi) is 7.93. The number of nitro groups is 1. The molecule has 0 aliphatic rings. The zero-order valence-corrected chi connectivity index (χ0v) is 18.7. The lowest BCUT2D eigenvalue weighted by molar-refractivity contribution is -0.385. The summed E-state index contributed by atoms with van der Waals surface area (Å²) in [7, 11) is 0. The molecular weight excluding hydrogens is 478 g/mol. The van der Waals surface area contributed by atoms with Crippen molar-refractivity contribution in [1.29, 1.82) is 0 Å². The monoisotopic (exact) mass is 497 g/mol. The second-order valence-corrected chi connectivity index (χ2v) is 7.68. The third kappa shape index (κ3) is 6.64. The smallest absolute Gasteiger partial charge is 0.311 e. The number of benzene rings is 3. The van der Waals surface area contributed by atoms with Gasteiger partial charge in [0.25, 0.3) is 5.91 Å². The molecule has 1 amide bonds. The highest BCUT2D eigenvalue weighted by molar-refractivity contribution is 9.10. The average Bonchev–Trinajstić information content (AvgIpc) is 2.78. The first-order valence-corrected chi connectivity index (χ1v) is 10.4. The Morgan fingerprint density at radius 1 is 1.09 bits per heavy atom. The van der Waals surface area contributed by atoms with Crippen LogP contribution in [-0.2, 0) is 11.4 Å². The number of hydrogen-bond acceptors (Lipinski definition) is 6. The van der Waals surface area contributed by atoms with Gasteiger partial charge in [-0.2, -0.15) is 5.10 Å². The Morgan fingerprint density at radius 2 is 1.84 bits per heavy atom. The lowest BCUT2D eigenvalue weighted by atomic mass is 10.2. The van der Waals surface area contributed by atoms with Crippen LogP contribution in [-0.4, -0.2) is 23.7 Å². The van der Waals surface area contributed by atoms with Gasteiger partial charge in [0.2, 0.25) is 0 Å². The molecule has 164 valence electrons. The number of carbonyl (C=O) groups is 1. The maximum atomic E-state index is 12.1. The van der Waals surface area contributed by atoms with E-state index in [0.29, 0.717) is 17.9 Å². The van der Waals surface area contributed by atoms with E-state index in [1.165, 1.54) is 18.3 Å². The molecule has 0 aliphatic heterocycles. The van der Waals surface area contributed by atoms with Crippen LogP contribution in [0.5, 0.6) is 11.5 Å². The van der Waals surface area contributed by atoms with Crippen LogP contribution in [0.1, 0.15) is 16.7 Å². The molecule has 3 aromatic rings. The predicted octanol–water partition coefficient (Wildman–Crippen LogP) is 4.77. The first-order chi connectivity index (χ1) is 15.4. The van der Waals surface area contributed by atoms with E-state index in [0.717, 1.165) is 15.6 Å². The number of hydrazone groups is 1. The van der Waals surface area contributed by atoms with Crippen LogP contribution < -0.4 is 14.9 Å². The molecular formula is C23H20BrN3O5. The van der Waals surface area contributed by atoms with E-state index in [1.807, 2.05) is 42.5 Å². The highest BCUT2D eigenvalue weighted by Gasteiger charge is 2.16. The number of ether oxygens (including phenoxy) is 2. The van der Waals surface area contributed by atoms with Gasteiger partial charge < -0.3 is 9.47 Å². The lowest BCUT2D eigenvalue weighted by Crippen LogP contribution is -2.24. The number of hydrogen-bond donors (Lipinski definition) is 1. The number of rotatable bonds is 9. The Labute approximate surface area is 193 Å². The molecule has 0 heterocycles. The van der Waals surface area contributed by atoms with E-state index >= 15 is 0 Å². The second kappa shape index (κ2) is 11.1. The molecule has 0 saturated heterocycles. The van der Waals surface area contributed by atoms with Crippen LogP contribution in [0.3, 0.4) is 0 Å². The Morgan fingerprint density at radius 3 is 2.59 bits per heavy atom. The zero-order chi connectivity index (χ0) is 22.9. The van der Waals surface area contributed by atoms with Gasteiger partial charge in [0.05, 0.1) is 11.1 Å². The van der Waals surface area contributed by atoms with Gasteiger partial charge in [-0.05, 0) is 42.3 Å². The van der Waals surface area contributed by atoms with Crippen LogP contribution in [0.25, 0.3) is 0 Å². The molecule has 0 fully saturated rings. The van der Waals surface area contributed by atoms with Crippen molar-refractivity contribution >= 4 is 33.7 Å². The van der Waals surface area contributed by atoms with E-state index in [-0.39, 0.29) is 11.4 Å². The third-order valence-electron chi connectivity index (χ3n) is 4.27. The normalized spacial score (nSPS) is 10.7. The van der Waals surface area contributed by atoms with Gasteiger partial charge in [-0.25, -0.2) is 5.43 Å². The maximum absolute atomic E-state index is 12.1. The van der Waals surface area contributed by atoms with Gasteiger partial charge in [0.1, 0.15) is 12.4 Å². The molecule has 0 bridgehead atoms. The van der Waals surface area contributed by atoms with E-state index < -0.39 is 17.4 Å². The Hall–Kier alpha value is -3.72. The number of halogens is 1. The van der Waals surface area contributed by atoms with E-state index in [1.54, 1.807) is 19.1 Å². The van der Waals surface area contributed by atoms with Crippen molar-refractivity contribution in [2.45, 2.75) is 13.5 Å². The van der Waals surface area contributed by atoms with Gasteiger partial charge in [0.15, 0.2) is 12.4 Å². The molecule has 0 saturated carbocycles. The summed E-state index contributed by atoms with van der Waals surface area (Å²) in [4.78, 5) is 22.6. The number of amides is 1. The number of nitro benzene ring substituents is 1. The minimum atomic E-state index is -0.558. The third-order valence-corrected chi connectivity index (χ3v) is 4.77. The topological polar surface area (TPSA) is 103 Å². The molecule has 9 heteroatoms. The van der Waals surface area contributed by atoms with Crippen molar-refractivity contribution in [3.8, 4) is 11.5 Å². The number of nitrogens with zero attached hydrogens (tertiary/aromatic N) is 2. The molecule has 0 aromatic heterocycles. The summed E-state index contributed by atoms with van der Waals surface area (Å²) in [6.07, 6.45) is 1.46. The molecule has 3 aromatic carbocycles. The summed E-state index contributed by atoms with van der Waals surface area (Å²) >= 11 is 3.41. The summed E-state index contributed by atoms with van der Waals surface area (Å²) < 4.78 is 12.0. The lowest BCUT2D eigenvalue weighted by Gasteiger charge is -2.10. The molecule has 8 nitrogen and oxygen atoms in total. The van der Waals surface area contributed by atoms with Crippen LogP contribution >= 0.6 is 15.9 Å². The highest BCUT2D eigenvalue weighted by Crippen LogP contribution is 2.27. The summed E-state index contributed by atoms with van der Waals surface area (Å²) in [5, 5.41) is 15.1. The first-order valence-electron chi connectivity index (χ1n) is 9.58. The predicted molar refractivity (Wildman–Crippen MR) is 124 cm³/mol. The largest absolute Gasteiger partial charge is 0.488 e. The minimum absolute atomic E-state index is 0.0170. The Bertz CT molecular complexity index is 1140. The fourth-order valence-corrected chi connectivity index (χ4v) is 3.11. The zero-order valence-electron chi connectivity index (χ0n) is 17.2. The molecule has 1 N–H and O–H groups in total. The molecule has 0 radical (unpaired) electrons. The fraction of sp³-hybridized carbons (Fsp3) is 0.130. The summed E-state index contributed by atoms with van der Waals surface area (Å²) in [6, 6.07) is 19.7. The minimum Gasteiger partial charge on any atom is -0.488 e. The van der Waals surface area contributed by atoms with Crippen molar-refractivity contribution in [3.63, 3.8) is 0 Å². The van der Waals surface area contributed by atoms with Gasteiger partial charge in [-0.1, -0.05) is 52.3 Å². The molecule has 3 rings (SSSR count). The average molecular weight is 498 g/mol. The second-order valence-electron chi connectivity index (χ2n) is 6.77. The maximum Gasteiger partial charge on any atom is 0.311 e. The standard InChI is InChI=1S/C23H20BrN3O5/c1-16-7-9-22(20(11-16)27(29)30)32-15-23(28)26-25-13-18-12-19(24)8-10-21(18)31-14-17-5-3-2-4-6-17/h2-13H,14-15H2,1H3,(H,26,28)/b25-13-. The number of carbonyl (C=O) groups excluding carboxylic acids is 1. The quantitative estimate of drug-likeness (QED) is 0.260. The highest BCUT2D eigenvalue weighted by atomic mass is 79.9.